The van der Waals surface area contributed by atoms with Gasteiger partial charge in [0.1, 0.15) is 0 Å². The molecule has 3 rings (SSSR count). The minimum Gasteiger partial charge on any atom is -0.448 e. The standard InChI is InChI=1S/C18H16BrNO3/c1-2-11-5-3-4-6-15(11)20-17(21)16-10-12-9-13(19)7-8-14(12)18(22)23-16/h3-9,16H,2,10H2,1H3,(H,20,21). The highest BCUT2D eigenvalue weighted by molar-refractivity contribution is 9.10. The summed E-state index contributed by atoms with van der Waals surface area (Å²) in [6.07, 6.45) is 0.381. The van der Waals surface area contributed by atoms with Crippen molar-refractivity contribution in [3.63, 3.8) is 0 Å². The summed E-state index contributed by atoms with van der Waals surface area (Å²) in [7, 11) is 0. The van der Waals surface area contributed by atoms with E-state index in [1.54, 1.807) is 12.1 Å². The van der Waals surface area contributed by atoms with Gasteiger partial charge in [0.2, 0.25) is 0 Å². The van der Waals surface area contributed by atoms with E-state index in [4.69, 9.17) is 4.74 Å². The zero-order valence-electron chi connectivity index (χ0n) is 12.6. The molecule has 1 unspecified atom stereocenters. The molecule has 2 aromatic rings. The van der Waals surface area contributed by atoms with Gasteiger partial charge >= 0.3 is 5.97 Å². The van der Waals surface area contributed by atoms with Crippen LogP contribution in [0.3, 0.4) is 0 Å². The van der Waals surface area contributed by atoms with E-state index in [0.717, 1.165) is 27.7 Å². The van der Waals surface area contributed by atoms with E-state index in [2.05, 4.69) is 21.2 Å². The normalized spacial score (nSPS) is 16.4. The van der Waals surface area contributed by atoms with Gasteiger partial charge in [-0.05, 0) is 41.8 Å². The van der Waals surface area contributed by atoms with Crippen LogP contribution in [0.5, 0.6) is 0 Å². The van der Waals surface area contributed by atoms with E-state index in [1.807, 2.05) is 37.3 Å². The van der Waals surface area contributed by atoms with Crippen LogP contribution in [0.25, 0.3) is 0 Å². The van der Waals surface area contributed by atoms with Crippen molar-refractivity contribution in [2.75, 3.05) is 5.32 Å². The van der Waals surface area contributed by atoms with Gasteiger partial charge in [0.15, 0.2) is 6.10 Å². The van der Waals surface area contributed by atoms with E-state index >= 15 is 0 Å². The first kappa shape index (κ1) is 15.7. The summed E-state index contributed by atoms with van der Waals surface area (Å²) in [4.78, 5) is 24.5. The number of rotatable bonds is 3. The molecule has 2 aromatic carbocycles. The van der Waals surface area contributed by atoms with Crippen molar-refractivity contribution in [2.24, 2.45) is 0 Å². The second-order valence-corrected chi connectivity index (χ2v) is 6.32. The number of ether oxygens (including phenoxy) is 1. The maximum absolute atomic E-state index is 12.5. The predicted molar refractivity (Wildman–Crippen MR) is 91.5 cm³/mol. The second kappa shape index (κ2) is 6.54. The van der Waals surface area contributed by atoms with Gasteiger partial charge in [-0.3, -0.25) is 4.79 Å². The maximum Gasteiger partial charge on any atom is 0.339 e. The number of para-hydroxylation sites is 1. The molecular formula is C18H16BrNO3. The van der Waals surface area contributed by atoms with E-state index in [0.29, 0.717) is 12.0 Å². The number of esters is 1. The molecule has 0 saturated carbocycles. The Hall–Kier alpha value is -2.14. The largest absolute Gasteiger partial charge is 0.448 e. The third-order valence-corrected chi connectivity index (χ3v) is 4.38. The zero-order chi connectivity index (χ0) is 16.4. The average Bonchev–Trinajstić information content (AvgIpc) is 2.54. The molecule has 0 bridgehead atoms. The smallest absolute Gasteiger partial charge is 0.339 e. The van der Waals surface area contributed by atoms with Gasteiger partial charge in [0.05, 0.1) is 5.56 Å². The van der Waals surface area contributed by atoms with Crippen LogP contribution in [0, 0.1) is 0 Å². The summed E-state index contributed by atoms with van der Waals surface area (Å²) in [5.41, 5.74) is 3.15. The number of fused-ring (bicyclic) bond motifs is 1. The summed E-state index contributed by atoms with van der Waals surface area (Å²) in [5, 5.41) is 2.87. The number of benzene rings is 2. The summed E-state index contributed by atoms with van der Waals surface area (Å²) < 4.78 is 6.17. The Morgan fingerprint density at radius 1 is 1.30 bits per heavy atom. The Bertz CT molecular complexity index is 773. The Kier molecular flexibility index (Phi) is 4.48. The number of cyclic esters (lactones) is 1. The first-order valence-corrected chi connectivity index (χ1v) is 8.26. The van der Waals surface area contributed by atoms with Crippen molar-refractivity contribution in [1.82, 2.24) is 0 Å². The van der Waals surface area contributed by atoms with Gasteiger partial charge < -0.3 is 10.1 Å². The number of carbonyl (C=O) groups is 2. The Labute approximate surface area is 143 Å². The number of nitrogens with one attached hydrogen (secondary N) is 1. The van der Waals surface area contributed by atoms with Crippen LogP contribution in [-0.4, -0.2) is 18.0 Å². The lowest BCUT2D eigenvalue weighted by molar-refractivity contribution is -0.125. The third kappa shape index (κ3) is 3.29. The summed E-state index contributed by atoms with van der Waals surface area (Å²) in [5.74, 6) is -0.757. The maximum atomic E-state index is 12.5. The van der Waals surface area contributed by atoms with E-state index in [1.165, 1.54) is 0 Å². The van der Waals surface area contributed by atoms with Crippen LogP contribution >= 0.6 is 15.9 Å². The average molecular weight is 374 g/mol. The molecule has 0 aliphatic carbocycles. The molecule has 0 radical (unpaired) electrons. The number of anilines is 1. The molecule has 4 nitrogen and oxygen atoms in total. The summed E-state index contributed by atoms with van der Waals surface area (Å²) in [6.45, 7) is 2.03. The lowest BCUT2D eigenvalue weighted by Gasteiger charge is -2.24. The fraction of sp³-hybridized carbons (Fsp3) is 0.222. The van der Waals surface area contributed by atoms with Crippen molar-refractivity contribution < 1.29 is 14.3 Å². The minimum absolute atomic E-state index is 0.301. The topological polar surface area (TPSA) is 55.4 Å². The lowest BCUT2D eigenvalue weighted by Crippen LogP contribution is -2.38. The number of hydrogen-bond donors (Lipinski definition) is 1. The van der Waals surface area contributed by atoms with Crippen LogP contribution in [0.15, 0.2) is 46.9 Å². The molecule has 5 heteroatoms. The van der Waals surface area contributed by atoms with Crippen molar-refractivity contribution in [2.45, 2.75) is 25.9 Å². The molecule has 1 N–H and O–H groups in total. The van der Waals surface area contributed by atoms with Crippen LogP contribution in [-0.2, 0) is 22.4 Å². The Balaban J connectivity index is 1.80. The molecular weight excluding hydrogens is 358 g/mol. The number of halogens is 1. The Morgan fingerprint density at radius 3 is 2.87 bits per heavy atom. The number of carbonyl (C=O) groups excluding carboxylic acids is 2. The summed E-state index contributed by atoms with van der Waals surface area (Å²) >= 11 is 3.39. The fourth-order valence-electron chi connectivity index (χ4n) is 2.67. The predicted octanol–water partition coefficient (Wildman–Crippen LogP) is 3.73. The molecule has 1 atom stereocenters. The molecule has 1 aliphatic heterocycles. The second-order valence-electron chi connectivity index (χ2n) is 5.40. The van der Waals surface area contributed by atoms with Crippen LogP contribution in [0.1, 0.15) is 28.4 Å². The van der Waals surface area contributed by atoms with Crippen LogP contribution in [0.2, 0.25) is 0 Å². The first-order chi connectivity index (χ1) is 11.1. The highest BCUT2D eigenvalue weighted by Crippen LogP contribution is 2.25. The van der Waals surface area contributed by atoms with Crippen molar-refractivity contribution in [1.29, 1.82) is 0 Å². The quantitative estimate of drug-likeness (QED) is 0.833. The lowest BCUT2D eigenvalue weighted by atomic mass is 9.98. The van der Waals surface area contributed by atoms with Crippen LogP contribution in [0.4, 0.5) is 5.69 Å². The third-order valence-electron chi connectivity index (χ3n) is 3.89. The van der Waals surface area contributed by atoms with Gasteiger partial charge in [-0.2, -0.15) is 0 Å². The highest BCUT2D eigenvalue weighted by Gasteiger charge is 2.31. The minimum atomic E-state index is -0.811. The van der Waals surface area contributed by atoms with Crippen molar-refractivity contribution in [3.05, 3.63) is 63.6 Å². The molecule has 118 valence electrons. The van der Waals surface area contributed by atoms with E-state index in [-0.39, 0.29) is 5.91 Å². The van der Waals surface area contributed by atoms with Gasteiger partial charge in [0, 0.05) is 16.6 Å². The number of amides is 1. The molecule has 0 saturated heterocycles. The van der Waals surface area contributed by atoms with Crippen molar-refractivity contribution in [3.8, 4) is 0 Å². The first-order valence-electron chi connectivity index (χ1n) is 7.46. The van der Waals surface area contributed by atoms with Crippen LogP contribution < -0.4 is 5.32 Å². The van der Waals surface area contributed by atoms with Gasteiger partial charge in [-0.15, -0.1) is 0 Å². The molecule has 1 heterocycles. The SMILES string of the molecule is CCc1ccccc1NC(=O)C1Cc2cc(Br)ccc2C(=O)O1. The van der Waals surface area contributed by atoms with Gasteiger partial charge in [-0.1, -0.05) is 41.1 Å². The zero-order valence-corrected chi connectivity index (χ0v) is 14.2. The molecule has 0 aromatic heterocycles. The highest BCUT2D eigenvalue weighted by atomic mass is 79.9. The number of hydrogen-bond acceptors (Lipinski definition) is 3. The fourth-order valence-corrected chi connectivity index (χ4v) is 3.08. The van der Waals surface area contributed by atoms with E-state index < -0.39 is 12.1 Å². The van der Waals surface area contributed by atoms with Gasteiger partial charge in [-0.25, -0.2) is 4.79 Å². The number of aryl methyl sites for hydroxylation is 1. The molecule has 0 fully saturated rings. The molecule has 23 heavy (non-hydrogen) atoms. The summed E-state index contributed by atoms with van der Waals surface area (Å²) in [6, 6.07) is 13.0. The van der Waals surface area contributed by atoms with Gasteiger partial charge in [0.25, 0.3) is 5.91 Å². The van der Waals surface area contributed by atoms with E-state index in [9.17, 15) is 9.59 Å². The Morgan fingerprint density at radius 2 is 2.09 bits per heavy atom. The monoisotopic (exact) mass is 373 g/mol. The molecule has 1 aliphatic rings. The molecule has 1 amide bonds. The molecule has 0 spiro atoms. The van der Waals surface area contributed by atoms with Crippen molar-refractivity contribution >= 4 is 33.5 Å².